The number of nitrogens with zero attached hydrogens (tertiary/aromatic N) is 1. The summed E-state index contributed by atoms with van der Waals surface area (Å²) in [5.74, 6) is -1.01. The van der Waals surface area contributed by atoms with Crippen molar-refractivity contribution in [3.05, 3.63) is 72.3 Å². The first-order chi connectivity index (χ1) is 16.4. The summed E-state index contributed by atoms with van der Waals surface area (Å²) in [6, 6.07) is 16.4. The van der Waals surface area contributed by atoms with Gasteiger partial charge in [-0.3, -0.25) is 9.59 Å². The number of rotatable bonds is 8. The van der Waals surface area contributed by atoms with Crippen molar-refractivity contribution in [3.8, 4) is 11.1 Å². The Labute approximate surface area is 198 Å². The van der Waals surface area contributed by atoms with Crippen molar-refractivity contribution in [2.75, 3.05) is 26.2 Å². The molecule has 7 heteroatoms. The van der Waals surface area contributed by atoms with Crippen molar-refractivity contribution in [3.63, 3.8) is 0 Å². The van der Waals surface area contributed by atoms with Gasteiger partial charge in [-0.2, -0.15) is 0 Å². The predicted octanol–water partition coefficient (Wildman–Crippen LogP) is 3.65. The molecule has 0 bridgehead atoms. The molecule has 2 amide bonds. The molecule has 1 heterocycles. The molecule has 1 aliphatic heterocycles. The van der Waals surface area contributed by atoms with Crippen molar-refractivity contribution in [1.29, 1.82) is 0 Å². The molecule has 2 aliphatic carbocycles. The van der Waals surface area contributed by atoms with Gasteiger partial charge in [0, 0.05) is 31.5 Å². The van der Waals surface area contributed by atoms with Gasteiger partial charge in [-0.15, -0.1) is 6.58 Å². The normalized spacial score (nSPS) is 21.6. The molecule has 34 heavy (non-hydrogen) atoms. The lowest BCUT2D eigenvalue weighted by Gasteiger charge is -2.47. The van der Waals surface area contributed by atoms with Crippen LogP contribution in [0.5, 0.6) is 0 Å². The monoisotopic (exact) mass is 460 g/mol. The molecule has 0 spiro atoms. The van der Waals surface area contributed by atoms with Gasteiger partial charge in [-0.05, 0) is 41.0 Å². The third-order valence-corrected chi connectivity index (χ3v) is 7.38. The molecule has 7 nitrogen and oxygen atoms in total. The fourth-order valence-corrected chi connectivity index (χ4v) is 5.34. The molecule has 1 saturated heterocycles. The molecule has 2 aromatic rings. The smallest absolute Gasteiger partial charge is 0.407 e. The zero-order valence-corrected chi connectivity index (χ0v) is 18.9. The van der Waals surface area contributed by atoms with Crippen LogP contribution >= 0.6 is 0 Å². The number of fused-ring (bicyclic) bond motifs is 3. The van der Waals surface area contributed by atoms with Gasteiger partial charge in [0.05, 0.1) is 0 Å². The zero-order valence-electron chi connectivity index (χ0n) is 18.9. The first-order valence-electron chi connectivity index (χ1n) is 11.7. The number of likely N-dealkylation sites (tertiary alicyclic amines) is 1. The Balaban J connectivity index is 1.09. The second-order valence-corrected chi connectivity index (χ2v) is 9.58. The number of nitrogens with one attached hydrogen (secondary N) is 1. The minimum atomic E-state index is -0.901. The first kappa shape index (κ1) is 22.2. The third kappa shape index (κ3) is 3.85. The molecule has 176 valence electrons. The van der Waals surface area contributed by atoms with Gasteiger partial charge < -0.3 is 20.1 Å². The largest absolute Gasteiger partial charge is 0.481 e. The number of hydrogen-bond acceptors (Lipinski definition) is 4. The maximum Gasteiger partial charge on any atom is 0.407 e. The molecule has 2 fully saturated rings. The van der Waals surface area contributed by atoms with E-state index >= 15 is 0 Å². The Morgan fingerprint density at radius 3 is 2.29 bits per heavy atom. The van der Waals surface area contributed by atoms with Crippen LogP contribution in [0.2, 0.25) is 0 Å². The zero-order chi connectivity index (χ0) is 23.9. The van der Waals surface area contributed by atoms with E-state index < -0.39 is 17.5 Å². The van der Waals surface area contributed by atoms with Crippen LogP contribution in [0.15, 0.2) is 61.2 Å². The van der Waals surface area contributed by atoms with Gasteiger partial charge in [0.25, 0.3) is 0 Å². The number of carbonyl (C=O) groups is 3. The number of carboxylic acid groups (broad SMARTS) is 1. The maximum absolute atomic E-state index is 12.7. The topological polar surface area (TPSA) is 95.9 Å². The summed E-state index contributed by atoms with van der Waals surface area (Å²) in [5, 5.41) is 12.2. The molecule has 5 rings (SSSR count). The lowest BCUT2D eigenvalue weighted by Crippen LogP contribution is -2.62. The molecule has 2 unspecified atom stereocenters. The quantitative estimate of drug-likeness (QED) is 0.587. The second kappa shape index (κ2) is 8.63. The highest BCUT2D eigenvalue weighted by atomic mass is 16.5. The lowest BCUT2D eigenvalue weighted by molar-refractivity contribution is -0.166. The fourth-order valence-electron chi connectivity index (χ4n) is 5.34. The number of allylic oxidation sites excluding steroid dienone is 1. The first-order valence-corrected chi connectivity index (χ1v) is 11.7. The van der Waals surface area contributed by atoms with Crippen LogP contribution in [0.3, 0.4) is 0 Å². The van der Waals surface area contributed by atoms with Crippen LogP contribution in [0.1, 0.15) is 29.9 Å². The molecular formula is C27H28N2O5. The van der Waals surface area contributed by atoms with Crippen LogP contribution in [-0.2, 0) is 14.3 Å². The van der Waals surface area contributed by atoms with Gasteiger partial charge in [0.15, 0.2) is 0 Å². The fraction of sp³-hybridized carbons (Fsp3) is 0.370. The Morgan fingerprint density at radius 2 is 1.71 bits per heavy atom. The lowest BCUT2D eigenvalue weighted by atomic mass is 9.76. The minimum absolute atomic E-state index is 0.00452. The van der Waals surface area contributed by atoms with Gasteiger partial charge in [0.2, 0.25) is 5.91 Å². The molecule has 0 radical (unpaired) electrons. The van der Waals surface area contributed by atoms with Gasteiger partial charge in [0.1, 0.15) is 12.0 Å². The number of carboxylic acids is 1. The summed E-state index contributed by atoms with van der Waals surface area (Å²) in [6.07, 6.45) is 2.15. The van der Waals surface area contributed by atoms with Crippen molar-refractivity contribution >= 4 is 18.0 Å². The van der Waals surface area contributed by atoms with Crippen molar-refractivity contribution in [2.24, 2.45) is 17.3 Å². The van der Waals surface area contributed by atoms with E-state index in [2.05, 4.69) is 36.2 Å². The number of hydrogen-bond donors (Lipinski definition) is 2. The SMILES string of the molecule is C=CCC1(C(=O)O)CN(C(=O)C2CC2CNC(=O)OCC2c3ccccc3-c3ccccc32)C1. The van der Waals surface area contributed by atoms with E-state index in [1.165, 1.54) is 11.1 Å². The van der Waals surface area contributed by atoms with Crippen molar-refractivity contribution in [2.45, 2.75) is 18.8 Å². The van der Waals surface area contributed by atoms with Crippen molar-refractivity contribution in [1.82, 2.24) is 10.2 Å². The number of carbonyl (C=O) groups excluding carboxylic acids is 2. The van der Waals surface area contributed by atoms with Crippen LogP contribution in [0.25, 0.3) is 11.1 Å². The Bertz CT molecular complexity index is 1110. The summed E-state index contributed by atoms with van der Waals surface area (Å²) in [4.78, 5) is 38.2. The maximum atomic E-state index is 12.7. The van der Waals surface area contributed by atoms with E-state index in [0.29, 0.717) is 19.4 Å². The molecule has 2 aromatic carbocycles. The summed E-state index contributed by atoms with van der Waals surface area (Å²) < 4.78 is 5.55. The highest BCUT2D eigenvalue weighted by molar-refractivity contribution is 5.86. The average molecular weight is 461 g/mol. The van der Waals surface area contributed by atoms with Gasteiger partial charge in [-0.1, -0.05) is 54.6 Å². The van der Waals surface area contributed by atoms with E-state index in [-0.39, 0.29) is 43.4 Å². The molecule has 2 atom stereocenters. The predicted molar refractivity (Wildman–Crippen MR) is 126 cm³/mol. The van der Waals surface area contributed by atoms with Crippen molar-refractivity contribution < 1.29 is 24.2 Å². The van der Waals surface area contributed by atoms with Gasteiger partial charge >= 0.3 is 12.1 Å². The summed E-state index contributed by atoms with van der Waals surface area (Å²) in [6.45, 7) is 4.68. The van der Waals surface area contributed by atoms with E-state index in [4.69, 9.17) is 4.74 Å². The molecule has 0 aromatic heterocycles. The Hall–Kier alpha value is -3.61. The van der Waals surface area contributed by atoms with Crippen LogP contribution in [-0.4, -0.2) is 54.2 Å². The number of alkyl carbamates (subject to hydrolysis) is 1. The summed E-state index contributed by atoms with van der Waals surface area (Å²) in [5.41, 5.74) is 3.77. The molecular weight excluding hydrogens is 432 g/mol. The highest BCUT2D eigenvalue weighted by Gasteiger charge is 2.54. The Kier molecular flexibility index (Phi) is 5.63. The third-order valence-electron chi connectivity index (χ3n) is 7.38. The van der Waals surface area contributed by atoms with Crippen LogP contribution < -0.4 is 5.32 Å². The second-order valence-electron chi connectivity index (χ2n) is 9.58. The minimum Gasteiger partial charge on any atom is -0.481 e. The van der Waals surface area contributed by atoms with Crippen LogP contribution in [0, 0.1) is 17.3 Å². The number of benzene rings is 2. The van der Waals surface area contributed by atoms with E-state index in [9.17, 15) is 19.5 Å². The molecule has 2 N–H and O–H groups in total. The summed E-state index contributed by atoms with van der Waals surface area (Å²) >= 11 is 0. The van der Waals surface area contributed by atoms with E-state index in [1.54, 1.807) is 11.0 Å². The Morgan fingerprint density at radius 1 is 1.09 bits per heavy atom. The number of aliphatic carboxylic acids is 1. The number of amides is 2. The van der Waals surface area contributed by atoms with E-state index in [0.717, 1.165) is 11.1 Å². The molecule has 1 saturated carbocycles. The standard InChI is InChI=1S/C27H28N2O5/c1-2-11-27(25(31)32)15-29(16-27)24(30)22-12-17(22)13-28-26(33)34-14-23-20-9-5-3-7-18(20)19-8-4-6-10-21(19)23/h2-10,17,22-23H,1,11-16H2,(H,28,33)(H,31,32). The average Bonchev–Trinajstić information content (AvgIpc) is 3.53. The van der Waals surface area contributed by atoms with Gasteiger partial charge in [-0.25, -0.2) is 4.79 Å². The highest BCUT2D eigenvalue weighted by Crippen LogP contribution is 2.45. The number of ether oxygens (including phenoxy) is 1. The van der Waals surface area contributed by atoms with Crippen LogP contribution in [0.4, 0.5) is 4.79 Å². The van der Waals surface area contributed by atoms with E-state index in [1.807, 2.05) is 24.3 Å². The molecule has 3 aliphatic rings. The summed E-state index contributed by atoms with van der Waals surface area (Å²) in [7, 11) is 0.